The summed E-state index contributed by atoms with van der Waals surface area (Å²) in [6.45, 7) is 0. The van der Waals surface area contributed by atoms with E-state index < -0.39 is 8.07 Å². The van der Waals surface area contributed by atoms with Gasteiger partial charge in [0, 0.05) is 16.6 Å². The number of fused-ring (bicyclic) bond motifs is 3. The van der Waals surface area contributed by atoms with Crippen LogP contribution in [-0.2, 0) is 0 Å². The highest BCUT2D eigenvalue weighted by Gasteiger charge is 2.56. The van der Waals surface area contributed by atoms with Crippen molar-refractivity contribution in [2.45, 2.75) is 16.6 Å². The van der Waals surface area contributed by atoms with Crippen LogP contribution in [0.3, 0.4) is 0 Å². The zero-order valence-electron chi connectivity index (χ0n) is 19.0. The Morgan fingerprint density at radius 3 is 1.15 bits per heavy atom. The van der Waals surface area contributed by atoms with Crippen LogP contribution in [0.25, 0.3) is 18.2 Å². The largest absolute Gasteiger partial charge is 0.120 e. The summed E-state index contributed by atoms with van der Waals surface area (Å²) < 4.78 is 0. The second-order valence-electron chi connectivity index (χ2n) is 9.70. The van der Waals surface area contributed by atoms with Gasteiger partial charge in [-0.3, -0.25) is 0 Å². The summed E-state index contributed by atoms with van der Waals surface area (Å²) in [6.07, 6.45) is 14.7. The van der Waals surface area contributed by atoms with Crippen LogP contribution in [0.1, 0.15) is 50.0 Å². The average Bonchev–Trinajstić information content (AvgIpc) is 3.64. The van der Waals surface area contributed by atoms with Gasteiger partial charge in [0.1, 0.15) is 8.07 Å². The topological polar surface area (TPSA) is 0 Å². The summed E-state index contributed by atoms with van der Waals surface area (Å²) in [5.41, 5.74) is 9.81. The second-order valence-corrected chi connectivity index (χ2v) is 14.0. The molecule has 0 bridgehead atoms. The Bertz CT molecular complexity index is 1320. The maximum Gasteiger partial charge on any atom is 0.120 e. The lowest BCUT2D eigenvalue weighted by molar-refractivity contribution is 0.973. The van der Waals surface area contributed by atoms with Crippen molar-refractivity contribution >= 4 is 31.5 Å². The maximum absolute atomic E-state index is 2.54. The molecule has 4 aromatic rings. The highest BCUT2D eigenvalue weighted by Crippen LogP contribution is 2.54. The van der Waals surface area contributed by atoms with E-state index in [2.05, 4.69) is 140 Å². The van der Waals surface area contributed by atoms with E-state index in [0.29, 0.717) is 16.6 Å². The molecule has 0 N–H and O–H groups in total. The van der Waals surface area contributed by atoms with Crippen molar-refractivity contribution in [1.82, 2.24) is 0 Å². The number of hydrogen-bond donors (Lipinski definition) is 0. The summed E-state index contributed by atoms with van der Waals surface area (Å²) in [7, 11) is -2.39. The van der Waals surface area contributed by atoms with E-state index in [1.807, 2.05) is 0 Å². The van der Waals surface area contributed by atoms with Crippen molar-refractivity contribution in [2.24, 2.45) is 0 Å². The molecule has 0 aromatic heterocycles. The SMILES string of the molecule is C1=CC([Si](c2ccccc2)(C2C=Cc3ccccc32)C2C=Cc3ccccc32)c2ccccc21. The van der Waals surface area contributed by atoms with Gasteiger partial charge in [-0.25, -0.2) is 0 Å². The monoisotopic (exact) mass is 450 g/mol. The lowest BCUT2D eigenvalue weighted by atomic mass is 10.1. The quantitative estimate of drug-likeness (QED) is 0.284. The summed E-state index contributed by atoms with van der Waals surface area (Å²) in [5, 5.41) is 1.54. The molecule has 0 nitrogen and oxygen atoms in total. The summed E-state index contributed by atoms with van der Waals surface area (Å²) in [5.74, 6) is 0. The van der Waals surface area contributed by atoms with E-state index in [-0.39, 0.29) is 0 Å². The van der Waals surface area contributed by atoms with E-state index in [1.54, 1.807) is 5.19 Å². The molecule has 0 saturated heterocycles. The Morgan fingerprint density at radius 1 is 0.382 bits per heavy atom. The first-order valence-electron chi connectivity index (χ1n) is 12.2. The van der Waals surface area contributed by atoms with Gasteiger partial charge < -0.3 is 0 Å². The van der Waals surface area contributed by atoms with Gasteiger partial charge >= 0.3 is 0 Å². The molecule has 0 radical (unpaired) electrons. The molecule has 3 aliphatic rings. The minimum absolute atomic E-state index is 0.396. The smallest absolute Gasteiger partial charge is 0.0787 e. The van der Waals surface area contributed by atoms with Crippen LogP contribution in [-0.4, -0.2) is 8.07 Å². The molecule has 7 rings (SSSR count). The van der Waals surface area contributed by atoms with Gasteiger partial charge in [0.2, 0.25) is 0 Å². The number of hydrogen-bond acceptors (Lipinski definition) is 0. The minimum Gasteiger partial charge on any atom is -0.0787 e. The van der Waals surface area contributed by atoms with E-state index in [0.717, 1.165) is 0 Å². The van der Waals surface area contributed by atoms with Crippen molar-refractivity contribution in [3.05, 3.63) is 155 Å². The molecule has 0 amide bonds. The second kappa shape index (κ2) is 7.68. The molecule has 0 aliphatic heterocycles. The standard InChI is InChI=1S/C33H26Si/c1-2-13-27(14-3-1)34(31-21-18-24-10-4-7-15-28(24)31,32-22-19-25-11-5-8-16-29(25)32)33-23-20-26-12-6-9-17-30(26)33/h1-23,31-33H. The van der Waals surface area contributed by atoms with Gasteiger partial charge in [-0.2, -0.15) is 0 Å². The first-order valence-corrected chi connectivity index (χ1v) is 14.5. The van der Waals surface area contributed by atoms with Crippen LogP contribution in [0, 0.1) is 0 Å². The van der Waals surface area contributed by atoms with Gasteiger partial charge in [-0.15, -0.1) is 0 Å². The number of benzene rings is 4. The molecule has 3 atom stereocenters. The average molecular weight is 451 g/mol. The zero-order chi connectivity index (χ0) is 22.5. The fourth-order valence-corrected chi connectivity index (χ4v) is 13.4. The van der Waals surface area contributed by atoms with Crippen molar-refractivity contribution in [3.8, 4) is 0 Å². The maximum atomic E-state index is 2.54. The first-order chi connectivity index (χ1) is 16.9. The summed E-state index contributed by atoms with van der Waals surface area (Å²) >= 11 is 0. The molecular weight excluding hydrogens is 424 g/mol. The molecule has 0 heterocycles. The molecule has 3 unspecified atom stereocenters. The van der Waals surface area contributed by atoms with Crippen molar-refractivity contribution in [3.63, 3.8) is 0 Å². The van der Waals surface area contributed by atoms with Crippen LogP contribution in [0.5, 0.6) is 0 Å². The van der Waals surface area contributed by atoms with Gasteiger partial charge in [-0.05, 0) is 33.4 Å². The van der Waals surface area contributed by atoms with E-state index in [9.17, 15) is 0 Å². The van der Waals surface area contributed by atoms with Crippen LogP contribution in [0.4, 0.5) is 0 Å². The fraction of sp³-hybridized carbons (Fsp3) is 0.0909. The van der Waals surface area contributed by atoms with Gasteiger partial charge in [-0.1, -0.05) is 145 Å². The Labute approximate surface area is 202 Å². The van der Waals surface area contributed by atoms with Crippen LogP contribution in [0.2, 0.25) is 0 Å². The highest BCUT2D eigenvalue weighted by molar-refractivity contribution is 6.96. The normalized spacial score (nSPS) is 22.9. The van der Waals surface area contributed by atoms with Crippen LogP contribution < -0.4 is 5.19 Å². The number of allylic oxidation sites excluding steroid dienone is 3. The van der Waals surface area contributed by atoms with Gasteiger partial charge in [0.05, 0.1) is 0 Å². The molecule has 0 spiro atoms. The van der Waals surface area contributed by atoms with Crippen LogP contribution in [0.15, 0.2) is 121 Å². The molecule has 4 aromatic carbocycles. The lowest BCUT2D eigenvalue weighted by Gasteiger charge is -2.46. The molecule has 0 saturated carbocycles. The lowest BCUT2D eigenvalue weighted by Crippen LogP contribution is -2.61. The summed E-state index contributed by atoms with van der Waals surface area (Å²) in [6, 6.07) is 38.7. The highest BCUT2D eigenvalue weighted by atomic mass is 28.3. The molecule has 34 heavy (non-hydrogen) atoms. The molecule has 0 fully saturated rings. The van der Waals surface area contributed by atoms with Crippen molar-refractivity contribution in [2.75, 3.05) is 0 Å². The Kier molecular flexibility index (Phi) is 4.46. The predicted octanol–water partition coefficient (Wildman–Crippen LogP) is 7.39. The third kappa shape index (κ3) is 2.71. The molecular formula is C33H26Si. The minimum atomic E-state index is -2.39. The molecule has 3 aliphatic carbocycles. The van der Waals surface area contributed by atoms with E-state index in [1.165, 1.54) is 33.4 Å². The third-order valence-electron chi connectivity index (χ3n) is 8.22. The fourth-order valence-electron chi connectivity index (χ4n) is 6.84. The first kappa shape index (κ1) is 19.8. The Morgan fingerprint density at radius 2 is 0.735 bits per heavy atom. The van der Waals surface area contributed by atoms with Crippen molar-refractivity contribution < 1.29 is 0 Å². The Hall–Kier alpha value is -3.68. The van der Waals surface area contributed by atoms with Crippen LogP contribution >= 0.6 is 0 Å². The Balaban J connectivity index is 1.57. The van der Waals surface area contributed by atoms with E-state index >= 15 is 0 Å². The molecule has 162 valence electrons. The number of rotatable bonds is 4. The third-order valence-corrected chi connectivity index (χ3v) is 14.1. The molecule has 1 heteroatoms. The zero-order valence-corrected chi connectivity index (χ0v) is 20.0. The van der Waals surface area contributed by atoms with Gasteiger partial charge in [0.15, 0.2) is 0 Å². The summed E-state index contributed by atoms with van der Waals surface area (Å²) in [4.78, 5) is 0. The van der Waals surface area contributed by atoms with Crippen molar-refractivity contribution in [1.29, 1.82) is 0 Å². The van der Waals surface area contributed by atoms with Gasteiger partial charge in [0.25, 0.3) is 0 Å². The predicted molar refractivity (Wildman–Crippen MR) is 146 cm³/mol. The van der Waals surface area contributed by atoms with E-state index in [4.69, 9.17) is 0 Å².